The summed E-state index contributed by atoms with van der Waals surface area (Å²) in [7, 11) is 0. The van der Waals surface area contributed by atoms with E-state index in [2.05, 4.69) is 0 Å². The minimum atomic E-state index is -1.09. The van der Waals surface area contributed by atoms with Crippen LogP contribution in [0.25, 0.3) is 23.1 Å². The minimum absolute atomic E-state index is 0.0678. The van der Waals surface area contributed by atoms with Crippen LogP contribution < -0.4 is 14.9 Å². The number of carbonyl (C=O) groups is 2. The number of fused-ring (bicyclic) bond motifs is 1. The number of carboxylic acid groups (broad SMARTS) is 1. The van der Waals surface area contributed by atoms with Crippen LogP contribution in [0, 0.1) is 0 Å². The number of furan rings is 1. The minimum Gasteiger partial charge on any atom is -0.478 e. The zero-order valence-corrected chi connectivity index (χ0v) is 24.3. The van der Waals surface area contributed by atoms with Gasteiger partial charge in [-0.1, -0.05) is 83.6 Å². The summed E-state index contributed by atoms with van der Waals surface area (Å²) >= 11 is 7.50. The first-order valence-corrected chi connectivity index (χ1v) is 14.5. The molecular weight excluding hydrogens is 588 g/mol. The Kier molecular flexibility index (Phi) is 7.67. The van der Waals surface area contributed by atoms with Crippen molar-refractivity contribution in [2.24, 2.45) is 4.99 Å². The maximum Gasteiger partial charge on any atom is 0.338 e. The van der Waals surface area contributed by atoms with Crippen molar-refractivity contribution in [3.05, 3.63) is 144 Å². The molecule has 0 radical (unpaired) electrons. The molecule has 3 heterocycles. The summed E-state index contributed by atoms with van der Waals surface area (Å²) in [4.78, 5) is 44.2. The molecule has 3 aromatic carbocycles. The van der Waals surface area contributed by atoms with Crippen LogP contribution in [-0.4, -0.2) is 28.2 Å². The molecule has 2 aromatic heterocycles. The highest BCUT2D eigenvalue weighted by Crippen LogP contribution is 2.35. The zero-order chi connectivity index (χ0) is 30.1. The fourth-order valence-corrected chi connectivity index (χ4v) is 6.13. The summed E-state index contributed by atoms with van der Waals surface area (Å²) in [5, 5.41) is 9.71. The van der Waals surface area contributed by atoms with Gasteiger partial charge in [0.25, 0.3) is 5.56 Å². The molecule has 0 aliphatic carbocycles. The number of hydrogen-bond acceptors (Lipinski definition) is 7. The predicted molar refractivity (Wildman–Crippen MR) is 164 cm³/mol. The Bertz CT molecular complexity index is 2080. The number of aromatic carboxylic acids is 1. The average molecular weight is 611 g/mol. The van der Waals surface area contributed by atoms with E-state index < -0.39 is 18.0 Å². The van der Waals surface area contributed by atoms with Gasteiger partial charge in [-0.25, -0.2) is 14.6 Å². The first kappa shape index (κ1) is 28.1. The maximum atomic E-state index is 14.0. The molecule has 8 nitrogen and oxygen atoms in total. The van der Waals surface area contributed by atoms with E-state index in [9.17, 15) is 19.5 Å². The highest BCUT2D eigenvalue weighted by atomic mass is 35.5. The average Bonchev–Trinajstić information content (AvgIpc) is 3.61. The van der Waals surface area contributed by atoms with Gasteiger partial charge in [0.15, 0.2) is 4.80 Å². The van der Waals surface area contributed by atoms with E-state index in [0.717, 1.165) is 11.1 Å². The summed E-state index contributed by atoms with van der Waals surface area (Å²) in [6.07, 6.45) is 1.60. The van der Waals surface area contributed by atoms with Crippen LogP contribution in [0.4, 0.5) is 0 Å². The van der Waals surface area contributed by atoms with Crippen molar-refractivity contribution < 1.29 is 23.8 Å². The van der Waals surface area contributed by atoms with Crippen molar-refractivity contribution in [1.29, 1.82) is 0 Å². The molecule has 0 bridgehead atoms. The van der Waals surface area contributed by atoms with Crippen molar-refractivity contribution in [3.63, 3.8) is 0 Å². The number of halogens is 1. The number of aromatic nitrogens is 1. The van der Waals surface area contributed by atoms with Gasteiger partial charge in [0, 0.05) is 17.2 Å². The number of ether oxygens (including phenoxy) is 1. The molecule has 1 atom stereocenters. The summed E-state index contributed by atoms with van der Waals surface area (Å²) in [5.74, 6) is -0.924. The Morgan fingerprint density at radius 2 is 1.77 bits per heavy atom. The second-order valence-electron chi connectivity index (χ2n) is 9.54. The van der Waals surface area contributed by atoms with E-state index in [1.54, 1.807) is 25.1 Å². The van der Waals surface area contributed by atoms with Gasteiger partial charge in [0.1, 0.15) is 11.5 Å². The lowest BCUT2D eigenvalue weighted by molar-refractivity contribution is -0.138. The molecular formula is C33H23ClN2O6S. The van der Waals surface area contributed by atoms with Gasteiger partial charge in [-0.05, 0) is 42.8 Å². The Labute approximate surface area is 254 Å². The topological polar surface area (TPSA) is 111 Å². The SMILES string of the molecule is CCOC(=O)C1=C(c2ccccc2)N=c2s/c(=C\c3ccc(-c4cc(C(=O)O)ccc4Cl)o3)c(=O)n2[C@H]1c1ccccc1. The van der Waals surface area contributed by atoms with Gasteiger partial charge in [-0.15, -0.1) is 0 Å². The molecule has 0 spiro atoms. The number of carboxylic acids is 1. The number of hydrogen-bond donors (Lipinski definition) is 1. The first-order chi connectivity index (χ1) is 20.9. The van der Waals surface area contributed by atoms with E-state index in [1.807, 2.05) is 60.7 Å². The van der Waals surface area contributed by atoms with Crippen LogP contribution in [0.2, 0.25) is 5.02 Å². The number of rotatable bonds is 7. The molecule has 1 aliphatic rings. The third kappa shape index (κ3) is 5.36. The molecule has 5 aromatic rings. The molecule has 214 valence electrons. The Morgan fingerprint density at radius 1 is 1.05 bits per heavy atom. The fraction of sp³-hybridized carbons (Fsp3) is 0.0909. The predicted octanol–water partition coefficient (Wildman–Crippen LogP) is 5.55. The molecule has 0 amide bonds. The second kappa shape index (κ2) is 11.7. The fourth-order valence-electron chi connectivity index (χ4n) is 4.94. The van der Waals surface area contributed by atoms with Crippen molar-refractivity contribution >= 4 is 46.6 Å². The highest BCUT2D eigenvalue weighted by Gasteiger charge is 2.35. The number of benzene rings is 3. The Morgan fingerprint density at radius 3 is 2.47 bits per heavy atom. The standard InChI is InChI=1S/C33H23ClN2O6S/c1-2-41-32(40)27-28(19-9-5-3-6-10-19)35-33-36(29(27)20-11-7-4-8-12-20)30(37)26(43-33)18-22-14-16-25(42-22)23-17-21(31(38)39)13-15-24(23)34/h3-18,29H,2H2,1H3,(H,38,39)/b26-18-/t29-/m0/s1. The van der Waals surface area contributed by atoms with E-state index in [1.165, 1.54) is 34.1 Å². The van der Waals surface area contributed by atoms with Crippen LogP contribution >= 0.6 is 22.9 Å². The van der Waals surface area contributed by atoms with E-state index in [-0.39, 0.29) is 23.3 Å². The smallest absolute Gasteiger partial charge is 0.338 e. The van der Waals surface area contributed by atoms with Crippen LogP contribution in [0.3, 0.4) is 0 Å². The van der Waals surface area contributed by atoms with Gasteiger partial charge in [0.2, 0.25) is 0 Å². The second-order valence-corrected chi connectivity index (χ2v) is 11.0. The lowest BCUT2D eigenvalue weighted by atomic mass is 9.93. The first-order valence-electron chi connectivity index (χ1n) is 13.3. The Hall–Kier alpha value is -4.99. The van der Waals surface area contributed by atoms with E-state index >= 15 is 0 Å². The molecule has 6 rings (SSSR count). The van der Waals surface area contributed by atoms with Crippen molar-refractivity contribution in [3.8, 4) is 11.3 Å². The van der Waals surface area contributed by atoms with Gasteiger partial charge in [-0.2, -0.15) is 0 Å². The summed E-state index contributed by atoms with van der Waals surface area (Å²) in [5.41, 5.74) is 2.29. The van der Waals surface area contributed by atoms with E-state index in [0.29, 0.717) is 37.1 Å². The highest BCUT2D eigenvalue weighted by molar-refractivity contribution is 7.07. The number of nitrogens with zero attached hydrogens (tertiary/aromatic N) is 2. The van der Waals surface area contributed by atoms with Crippen molar-refractivity contribution in [2.75, 3.05) is 6.61 Å². The van der Waals surface area contributed by atoms with Crippen LogP contribution in [-0.2, 0) is 9.53 Å². The molecule has 43 heavy (non-hydrogen) atoms. The van der Waals surface area contributed by atoms with Gasteiger partial charge >= 0.3 is 11.9 Å². The molecule has 0 unspecified atom stereocenters. The number of carbonyl (C=O) groups excluding carboxylic acids is 1. The van der Waals surface area contributed by atoms with Gasteiger partial charge in [0.05, 0.1) is 39.0 Å². The Balaban J connectivity index is 1.53. The maximum absolute atomic E-state index is 14.0. The zero-order valence-electron chi connectivity index (χ0n) is 22.7. The number of thiazole rings is 1. The molecule has 0 fully saturated rings. The third-order valence-electron chi connectivity index (χ3n) is 6.87. The van der Waals surface area contributed by atoms with Gasteiger partial charge in [-0.3, -0.25) is 9.36 Å². The quantitative estimate of drug-likeness (QED) is 0.242. The summed E-state index contributed by atoms with van der Waals surface area (Å²) in [6.45, 7) is 1.90. The largest absolute Gasteiger partial charge is 0.478 e. The van der Waals surface area contributed by atoms with Crippen LogP contribution in [0.5, 0.6) is 0 Å². The normalized spacial score (nSPS) is 14.7. The number of esters is 1. The van der Waals surface area contributed by atoms with E-state index in [4.69, 9.17) is 25.7 Å². The molecule has 0 saturated heterocycles. The van der Waals surface area contributed by atoms with Gasteiger partial charge < -0.3 is 14.3 Å². The van der Waals surface area contributed by atoms with Crippen LogP contribution in [0.1, 0.15) is 40.2 Å². The van der Waals surface area contributed by atoms with Crippen LogP contribution in [0.15, 0.2) is 111 Å². The molecule has 0 saturated carbocycles. The molecule has 10 heteroatoms. The molecule has 1 N–H and O–H groups in total. The monoisotopic (exact) mass is 610 g/mol. The summed E-state index contributed by atoms with van der Waals surface area (Å²) in [6, 6.07) is 25.5. The molecule has 1 aliphatic heterocycles. The van der Waals surface area contributed by atoms with Crippen molar-refractivity contribution in [2.45, 2.75) is 13.0 Å². The summed E-state index contributed by atoms with van der Waals surface area (Å²) < 4.78 is 13.3. The lowest BCUT2D eigenvalue weighted by Gasteiger charge is -2.25. The van der Waals surface area contributed by atoms with Crippen molar-refractivity contribution in [1.82, 2.24) is 4.57 Å². The lowest BCUT2D eigenvalue weighted by Crippen LogP contribution is -2.39. The third-order valence-corrected chi connectivity index (χ3v) is 8.18.